The number of halogens is 2. The van der Waals surface area contributed by atoms with Gasteiger partial charge in [-0.05, 0) is 49.2 Å². The summed E-state index contributed by atoms with van der Waals surface area (Å²) in [4.78, 5) is 25.7. The summed E-state index contributed by atoms with van der Waals surface area (Å²) >= 11 is 0. The van der Waals surface area contributed by atoms with Crippen molar-refractivity contribution in [3.8, 4) is 0 Å². The number of carbonyl (C=O) groups is 1. The first kappa shape index (κ1) is 21.1. The van der Waals surface area contributed by atoms with Crippen LogP contribution in [0.4, 0.5) is 20.5 Å². The van der Waals surface area contributed by atoms with E-state index in [9.17, 15) is 13.6 Å². The fourth-order valence-corrected chi connectivity index (χ4v) is 4.17. The van der Waals surface area contributed by atoms with E-state index in [4.69, 9.17) is 4.42 Å². The fourth-order valence-electron chi connectivity index (χ4n) is 4.17. The van der Waals surface area contributed by atoms with Crippen molar-refractivity contribution in [2.24, 2.45) is 5.92 Å². The number of piperidine rings is 1. The lowest BCUT2D eigenvalue weighted by molar-refractivity contribution is -0.123. The Hall–Kier alpha value is -3.81. The van der Waals surface area contributed by atoms with Gasteiger partial charge in [0.05, 0.1) is 17.9 Å². The van der Waals surface area contributed by atoms with Crippen molar-refractivity contribution in [1.29, 1.82) is 0 Å². The maximum atomic E-state index is 14.6. The van der Waals surface area contributed by atoms with E-state index in [1.165, 1.54) is 11.0 Å². The van der Waals surface area contributed by atoms with Crippen molar-refractivity contribution in [2.75, 3.05) is 22.9 Å². The monoisotopic (exact) mass is 448 g/mol. The van der Waals surface area contributed by atoms with Crippen molar-refractivity contribution < 1.29 is 18.0 Å². The Morgan fingerprint density at radius 1 is 1.06 bits per heavy atom. The van der Waals surface area contributed by atoms with Gasteiger partial charge in [0.2, 0.25) is 5.91 Å². The molecule has 1 aliphatic heterocycles. The maximum absolute atomic E-state index is 14.6. The Bertz CT molecular complexity index is 1240. The van der Waals surface area contributed by atoms with E-state index in [0.717, 1.165) is 23.2 Å². The van der Waals surface area contributed by atoms with E-state index < -0.39 is 11.6 Å². The van der Waals surface area contributed by atoms with E-state index in [0.29, 0.717) is 37.6 Å². The fraction of sp³-hybridized carbons (Fsp3) is 0.240. The minimum absolute atomic E-state index is 0.0495. The molecule has 33 heavy (non-hydrogen) atoms. The summed E-state index contributed by atoms with van der Waals surface area (Å²) in [6.07, 6.45) is 2.76. The second kappa shape index (κ2) is 8.97. The summed E-state index contributed by atoms with van der Waals surface area (Å²) in [5.74, 6) is -1.97. The molecule has 0 unspecified atom stereocenters. The lowest BCUT2D eigenvalue weighted by Gasteiger charge is -2.33. The first-order valence-electron chi connectivity index (χ1n) is 10.9. The first-order chi connectivity index (χ1) is 16.1. The number of hydrogen-bond donors (Lipinski definition) is 0. The van der Waals surface area contributed by atoms with Gasteiger partial charge < -0.3 is 14.2 Å². The standard InChI is InChI=1S/C25H22F2N4O2/c26-18-8-9-22(20(27)15-18)31(16-19-5-3-4-12-28-19)24(32)17-10-13-30(14-11-17)25-29-21-6-1-2-7-23(21)33-25/h1-9,12,15,17H,10-11,13-14,16H2. The van der Waals surface area contributed by atoms with Crippen LogP contribution in [0.5, 0.6) is 0 Å². The van der Waals surface area contributed by atoms with E-state index in [1.807, 2.05) is 35.2 Å². The Kier molecular flexibility index (Phi) is 5.73. The summed E-state index contributed by atoms with van der Waals surface area (Å²) in [5, 5.41) is 0. The van der Waals surface area contributed by atoms with E-state index in [-0.39, 0.29) is 24.1 Å². The molecule has 0 radical (unpaired) electrons. The summed E-state index contributed by atoms with van der Waals surface area (Å²) in [7, 11) is 0. The maximum Gasteiger partial charge on any atom is 0.298 e. The number of oxazole rings is 1. The van der Waals surface area contributed by atoms with Crippen LogP contribution in [-0.2, 0) is 11.3 Å². The highest BCUT2D eigenvalue weighted by molar-refractivity contribution is 5.95. The Balaban J connectivity index is 1.34. The molecule has 1 amide bonds. The molecular formula is C25H22F2N4O2. The molecule has 0 atom stereocenters. The lowest BCUT2D eigenvalue weighted by Crippen LogP contribution is -2.43. The molecule has 5 rings (SSSR count). The molecule has 0 saturated carbocycles. The number of fused-ring (bicyclic) bond motifs is 1. The van der Waals surface area contributed by atoms with Crippen LogP contribution in [0, 0.1) is 17.6 Å². The predicted octanol–water partition coefficient (Wildman–Crippen LogP) is 4.95. The molecule has 0 N–H and O–H groups in total. The number of carbonyl (C=O) groups excluding carboxylic acids is 1. The second-order valence-corrected chi connectivity index (χ2v) is 8.07. The average Bonchev–Trinajstić information content (AvgIpc) is 3.28. The van der Waals surface area contributed by atoms with Crippen LogP contribution >= 0.6 is 0 Å². The van der Waals surface area contributed by atoms with E-state index in [2.05, 4.69) is 9.97 Å². The van der Waals surface area contributed by atoms with E-state index >= 15 is 0 Å². The molecule has 1 aliphatic rings. The largest absolute Gasteiger partial charge is 0.423 e. The van der Waals surface area contributed by atoms with Gasteiger partial charge in [-0.25, -0.2) is 8.78 Å². The molecule has 0 spiro atoms. The van der Waals surface area contributed by atoms with Gasteiger partial charge >= 0.3 is 0 Å². The van der Waals surface area contributed by atoms with Gasteiger partial charge in [0, 0.05) is 31.3 Å². The highest BCUT2D eigenvalue weighted by atomic mass is 19.1. The predicted molar refractivity (Wildman–Crippen MR) is 121 cm³/mol. The van der Waals surface area contributed by atoms with Gasteiger partial charge in [0.25, 0.3) is 6.01 Å². The SMILES string of the molecule is O=C(C1CCN(c2nc3ccccc3o2)CC1)N(Cc1ccccn1)c1ccc(F)cc1F. The number of nitrogens with zero attached hydrogens (tertiary/aromatic N) is 4. The topological polar surface area (TPSA) is 62.5 Å². The molecule has 168 valence electrons. The Morgan fingerprint density at radius 2 is 1.85 bits per heavy atom. The minimum Gasteiger partial charge on any atom is -0.423 e. The zero-order valence-corrected chi connectivity index (χ0v) is 17.8. The highest BCUT2D eigenvalue weighted by Gasteiger charge is 2.32. The van der Waals surface area contributed by atoms with Gasteiger partial charge in [-0.1, -0.05) is 18.2 Å². The summed E-state index contributed by atoms with van der Waals surface area (Å²) in [5.41, 5.74) is 2.19. The van der Waals surface area contributed by atoms with Crippen LogP contribution in [0.25, 0.3) is 11.1 Å². The van der Waals surface area contributed by atoms with E-state index in [1.54, 1.807) is 18.3 Å². The molecule has 0 bridgehead atoms. The van der Waals surface area contributed by atoms with Crippen molar-refractivity contribution in [2.45, 2.75) is 19.4 Å². The smallest absolute Gasteiger partial charge is 0.298 e. The summed E-state index contributed by atoms with van der Waals surface area (Å²) in [6, 6.07) is 16.7. The van der Waals surface area contributed by atoms with Gasteiger partial charge in [-0.15, -0.1) is 0 Å². The van der Waals surface area contributed by atoms with Crippen LogP contribution in [0.15, 0.2) is 71.3 Å². The van der Waals surface area contributed by atoms with Crippen LogP contribution in [0.3, 0.4) is 0 Å². The molecular weight excluding hydrogens is 426 g/mol. The van der Waals surface area contributed by atoms with Gasteiger partial charge in [0.15, 0.2) is 5.58 Å². The van der Waals surface area contributed by atoms with Gasteiger partial charge in [0.1, 0.15) is 17.2 Å². The third-order valence-corrected chi connectivity index (χ3v) is 5.91. The number of hydrogen-bond acceptors (Lipinski definition) is 5. The zero-order chi connectivity index (χ0) is 22.8. The van der Waals surface area contributed by atoms with Crippen LogP contribution in [0.1, 0.15) is 18.5 Å². The molecule has 3 heterocycles. The molecule has 2 aromatic heterocycles. The normalized spacial score (nSPS) is 14.5. The Morgan fingerprint density at radius 3 is 2.58 bits per heavy atom. The number of pyridine rings is 1. The number of benzene rings is 2. The lowest BCUT2D eigenvalue weighted by atomic mass is 9.95. The van der Waals surface area contributed by atoms with Crippen molar-refractivity contribution in [3.63, 3.8) is 0 Å². The van der Waals surface area contributed by atoms with Crippen molar-refractivity contribution >= 4 is 28.7 Å². The van der Waals surface area contributed by atoms with Gasteiger partial charge in [-0.3, -0.25) is 9.78 Å². The molecule has 4 aromatic rings. The molecule has 1 fully saturated rings. The van der Waals surface area contributed by atoms with Crippen molar-refractivity contribution in [3.05, 3.63) is 84.2 Å². The summed E-state index contributed by atoms with van der Waals surface area (Å²) in [6.45, 7) is 1.28. The number of anilines is 2. The first-order valence-corrected chi connectivity index (χ1v) is 10.9. The van der Waals surface area contributed by atoms with Crippen LogP contribution in [-0.4, -0.2) is 29.0 Å². The van der Waals surface area contributed by atoms with Crippen molar-refractivity contribution in [1.82, 2.24) is 9.97 Å². The highest BCUT2D eigenvalue weighted by Crippen LogP contribution is 2.30. The molecule has 1 saturated heterocycles. The number of amides is 1. The number of para-hydroxylation sites is 2. The zero-order valence-electron chi connectivity index (χ0n) is 17.8. The quantitative estimate of drug-likeness (QED) is 0.432. The average molecular weight is 448 g/mol. The molecule has 2 aromatic carbocycles. The summed E-state index contributed by atoms with van der Waals surface area (Å²) < 4.78 is 34.0. The van der Waals surface area contributed by atoms with Crippen LogP contribution in [0.2, 0.25) is 0 Å². The molecule has 6 nitrogen and oxygen atoms in total. The van der Waals surface area contributed by atoms with Gasteiger partial charge in [-0.2, -0.15) is 4.98 Å². The second-order valence-electron chi connectivity index (χ2n) is 8.07. The number of aromatic nitrogens is 2. The number of rotatable bonds is 5. The Labute approximate surface area is 189 Å². The third-order valence-electron chi connectivity index (χ3n) is 5.91. The molecule has 8 heteroatoms. The third kappa shape index (κ3) is 4.41. The van der Waals surface area contributed by atoms with Crippen LogP contribution < -0.4 is 9.80 Å². The minimum atomic E-state index is -0.775. The molecule has 0 aliphatic carbocycles.